The van der Waals surface area contributed by atoms with Gasteiger partial charge in [-0.2, -0.15) is 13.2 Å². The lowest BCUT2D eigenvalue weighted by atomic mass is 10.2. The lowest BCUT2D eigenvalue weighted by Gasteiger charge is -2.19. The lowest BCUT2D eigenvalue weighted by molar-refractivity contribution is -0.159. The quantitative estimate of drug-likeness (QED) is 0.871. The van der Waals surface area contributed by atoms with Crippen LogP contribution >= 0.6 is 0 Å². The molecule has 0 aliphatic rings. The van der Waals surface area contributed by atoms with Gasteiger partial charge < -0.3 is 9.64 Å². The number of fused-ring (bicyclic) bond motifs is 1. The first-order valence-electron chi connectivity index (χ1n) is 6.13. The van der Waals surface area contributed by atoms with E-state index in [0.29, 0.717) is 10.6 Å². The first-order valence-corrected chi connectivity index (χ1v) is 6.13. The van der Waals surface area contributed by atoms with Gasteiger partial charge in [-0.05, 0) is 24.3 Å². The minimum Gasteiger partial charge on any atom is -0.484 e. The largest absolute Gasteiger partial charge is 0.484 e. The van der Waals surface area contributed by atoms with Crippen LogP contribution in [-0.4, -0.2) is 42.2 Å². The van der Waals surface area contributed by atoms with Gasteiger partial charge in [0.05, 0.1) is 5.52 Å². The molecule has 0 unspecified atom stereocenters. The number of ether oxygens (including phenoxy) is 1. The van der Waals surface area contributed by atoms with Crippen LogP contribution in [0.5, 0.6) is 5.75 Å². The Bertz CT molecular complexity index is 643. The zero-order chi connectivity index (χ0) is 15.5. The van der Waals surface area contributed by atoms with E-state index in [9.17, 15) is 18.0 Å². The summed E-state index contributed by atoms with van der Waals surface area (Å²) in [7, 11) is 1.09. The number of amides is 1. The maximum absolute atomic E-state index is 12.2. The van der Waals surface area contributed by atoms with Crippen LogP contribution in [0.15, 0.2) is 36.5 Å². The highest BCUT2D eigenvalue weighted by Crippen LogP contribution is 2.19. The van der Waals surface area contributed by atoms with Gasteiger partial charge in [0.15, 0.2) is 6.61 Å². The standard InChI is InChI=1S/C14H13F3N2O2/c1-19(9-14(15,16)17)13(20)8-21-11-4-5-12-10(7-11)3-2-6-18-12/h2-7H,8-9H2,1H3. The molecule has 0 fully saturated rings. The second kappa shape index (κ2) is 5.99. The van der Waals surface area contributed by atoms with Crippen molar-refractivity contribution in [2.75, 3.05) is 20.2 Å². The number of nitrogens with zero attached hydrogens (tertiary/aromatic N) is 2. The summed E-state index contributed by atoms with van der Waals surface area (Å²) >= 11 is 0. The summed E-state index contributed by atoms with van der Waals surface area (Å²) in [5.74, 6) is -0.331. The molecule has 1 aromatic heterocycles. The molecule has 0 bridgehead atoms. The van der Waals surface area contributed by atoms with Crippen LogP contribution in [-0.2, 0) is 4.79 Å². The number of carbonyl (C=O) groups excluding carboxylic acids is 1. The number of alkyl halides is 3. The molecule has 0 radical (unpaired) electrons. The summed E-state index contributed by atoms with van der Waals surface area (Å²) < 4.78 is 41.7. The van der Waals surface area contributed by atoms with E-state index in [0.717, 1.165) is 18.0 Å². The Kier molecular flexibility index (Phi) is 4.30. The molecule has 0 aliphatic heterocycles. The molecular formula is C14H13F3N2O2. The van der Waals surface area contributed by atoms with Gasteiger partial charge >= 0.3 is 6.18 Å². The third kappa shape index (κ3) is 4.34. The maximum Gasteiger partial charge on any atom is 0.406 e. The number of hydrogen-bond acceptors (Lipinski definition) is 3. The Hall–Kier alpha value is -2.31. The third-order valence-corrected chi connectivity index (χ3v) is 2.78. The van der Waals surface area contributed by atoms with Crippen molar-refractivity contribution in [2.24, 2.45) is 0 Å². The molecule has 0 saturated carbocycles. The Morgan fingerprint density at radius 2 is 2.10 bits per heavy atom. The van der Waals surface area contributed by atoms with Crippen LogP contribution in [0.2, 0.25) is 0 Å². The molecule has 1 amide bonds. The molecule has 1 aromatic carbocycles. The predicted molar refractivity (Wildman–Crippen MR) is 70.9 cm³/mol. The summed E-state index contributed by atoms with van der Waals surface area (Å²) in [4.78, 5) is 16.3. The smallest absolute Gasteiger partial charge is 0.406 e. The van der Waals surface area contributed by atoms with E-state index in [-0.39, 0.29) is 0 Å². The highest BCUT2D eigenvalue weighted by Gasteiger charge is 2.31. The zero-order valence-electron chi connectivity index (χ0n) is 11.2. The van der Waals surface area contributed by atoms with E-state index in [4.69, 9.17) is 4.74 Å². The van der Waals surface area contributed by atoms with Crippen molar-refractivity contribution in [3.8, 4) is 5.75 Å². The first kappa shape index (κ1) is 15.1. The number of aromatic nitrogens is 1. The second-order valence-electron chi connectivity index (χ2n) is 4.51. The van der Waals surface area contributed by atoms with Crippen LogP contribution in [0.4, 0.5) is 13.2 Å². The predicted octanol–water partition coefficient (Wildman–Crippen LogP) is 2.63. The van der Waals surface area contributed by atoms with Gasteiger partial charge in [0.2, 0.25) is 0 Å². The molecule has 0 saturated heterocycles. The summed E-state index contributed by atoms with van der Waals surface area (Å²) in [6.45, 7) is -1.74. The van der Waals surface area contributed by atoms with Crippen LogP contribution in [0.25, 0.3) is 10.9 Å². The fraction of sp³-hybridized carbons (Fsp3) is 0.286. The number of likely N-dealkylation sites (N-methyl/N-ethyl adjacent to an activating group) is 1. The minimum atomic E-state index is -4.42. The van der Waals surface area contributed by atoms with Crippen molar-refractivity contribution in [3.05, 3.63) is 36.5 Å². The molecule has 2 aromatic rings. The monoisotopic (exact) mass is 298 g/mol. The van der Waals surface area contributed by atoms with E-state index < -0.39 is 25.2 Å². The maximum atomic E-state index is 12.2. The number of rotatable bonds is 4. The van der Waals surface area contributed by atoms with E-state index in [1.807, 2.05) is 6.07 Å². The van der Waals surface area contributed by atoms with E-state index >= 15 is 0 Å². The Balaban J connectivity index is 1.96. The van der Waals surface area contributed by atoms with Gasteiger partial charge in [-0.25, -0.2) is 0 Å². The van der Waals surface area contributed by atoms with Gasteiger partial charge in [-0.1, -0.05) is 6.07 Å². The number of hydrogen-bond donors (Lipinski definition) is 0. The third-order valence-electron chi connectivity index (χ3n) is 2.78. The van der Waals surface area contributed by atoms with Crippen molar-refractivity contribution in [3.63, 3.8) is 0 Å². The Morgan fingerprint density at radius 3 is 2.81 bits per heavy atom. The van der Waals surface area contributed by atoms with E-state index in [2.05, 4.69) is 4.98 Å². The summed E-state index contributed by atoms with van der Waals surface area (Å²) in [5.41, 5.74) is 0.769. The Morgan fingerprint density at radius 1 is 1.33 bits per heavy atom. The number of halogens is 3. The van der Waals surface area contributed by atoms with Crippen molar-refractivity contribution in [1.29, 1.82) is 0 Å². The van der Waals surface area contributed by atoms with Crippen molar-refractivity contribution >= 4 is 16.8 Å². The second-order valence-corrected chi connectivity index (χ2v) is 4.51. The lowest BCUT2D eigenvalue weighted by Crippen LogP contribution is -2.38. The SMILES string of the molecule is CN(CC(F)(F)F)C(=O)COc1ccc2ncccc2c1. The molecule has 21 heavy (non-hydrogen) atoms. The molecule has 1 heterocycles. The topological polar surface area (TPSA) is 42.4 Å². The molecule has 2 rings (SSSR count). The fourth-order valence-corrected chi connectivity index (χ4v) is 1.76. The van der Waals surface area contributed by atoms with Gasteiger partial charge in [-0.15, -0.1) is 0 Å². The number of pyridine rings is 1. The van der Waals surface area contributed by atoms with E-state index in [1.54, 1.807) is 30.5 Å². The van der Waals surface area contributed by atoms with Gasteiger partial charge in [0.25, 0.3) is 5.91 Å². The highest BCUT2D eigenvalue weighted by molar-refractivity contribution is 5.80. The van der Waals surface area contributed by atoms with Crippen LogP contribution < -0.4 is 4.74 Å². The van der Waals surface area contributed by atoms with Gasteiger partial charge in [0, 0.05) is 18.6 Å². The molecular weight excluding hydrogens is 285 g/mol. The highest BCUT2D eigenvalue weighted by atomic mass is 19.4. The van der Waals surface area contributed by atoms with E-state index in [1.165, 1.54) is 0 Å². The average Bonchev–Trinajstić information content (AvgIpc) is 2.42. The minimum absolute atomic E-state index is 0.407. The molecule has 112 valence electrons. The van der Waals surface area contributed by atoms with Crippen LogP contribution in [0.1, 0.15) is 0 Å². The fourth-order valence-electron chi connectivity index (χ4n) is 1.76. The van der Waals surface area contributed by atoms with Crippen LogP contribution in [0.3, 0.4) is 0 Å². The molecule has 4 nitrogen and oxygen atoms in total. The zero-order valence-corrected chi connectivity index (χ0v) is 11.2. The van der Waals surface area contributed by atoms with Crippen molar-refractivity contribution in [1.82, 2.24) is 9.88 Å². The normalized spacial score (nSPS) is 11.4. The van der Waals surface area contributed by atoms with Gasteiger partial charge in [-0.3, -0.25) is 9.78 Å². The molecule has 0 aliphatic carbocycles. The van der Waals surface area contributed by atoms with Crippen LogP contribution in [0, 0.1) is 0 Å². The van der Waals surface area contributed by atoms with Crippen molar-refractivity contribution < 1.29 is 22.7 Å². The van der Waals surface area contributed by atoms with Crippen molar-refractivity contribution in [2.45, 2.75) is 6.18 Å². The Labute approximate surface area is 119 Å². The summed E-state index contributed by atoms with van der Waals surface area (Å²) in [6.07, 6.45) is -2.77. The number of benzene rings is 1. The molecule has 0 atom stereocenters. The first-order chi connectivity index (χ1) is 9.85. The average molecular weight is 298 g/mol. The number of carbonyl (C=O) groups is 1. The summed E-state index contributed by atoms with van der Waals surface area (Å²) in [5, 5.41) is 0.825. The molecule has 0 N–H and O–H groups in total. The summed E-state index contributed by atoms with van der Waals surface area (Å²) in [6, 6.07) is 8.60. The molecule has 7 heteroatoms. The molecule has 0 spiro atoms. The van der Waals surface area contributed by atoms with Gasteiger partial charge in [0.1, 0.15) is 12.3 Å².